The maximum atomic E-state index is 5.44. The standard InChI is InChI=1S/C23H25N4O2S/c1-15-27(14-22(30-15)16-8-5-4-6-9-16)26-11-7-10-19(26)23-24-17-12-20(28-2)21(29-3)13-18(17)25-23/h4-6,8-9,12-13,15,19H,7,10-11H2,1-3H3,(H,24,25). The Kier molecular flexibility index (Phi) is 5.08. The van der Waals surface area contributed by atoms with Gasteiger partial charge in [-0.1, -0.05) is 42.1 Å². The lowest BCUT2D eigenvalue weighted by Gasteiger charge is -2.34. The topological polar surface area (TPSA) is 53.6 Å². The summed E-state index contributed by atoms with van der Waals surface area (Å²) in [5.41, 5.74) is 3.07. The fourth-order valence-electron chi connectivity index (χ4n) is 4.24. The maximum absolute atomic E-state index is 5.44. The van der Waals surface area contributed by atoms with E-state index < -0.39 is 0 Å². The fourth-order valence-corrected chi connectivity index (χ4v) is 5.27. The van der Waals surface area contributed by atoms with Gasteiger partial charge < -0.3 is 14.5 Å². The molecule has 2 aliphatic rings. The molecular formula is C23H25N4O2S. The molecule has 0 saturated carbocycles. The number of fused-ring (bicyclic) bond motifs is 1. The number of methoxy groups -OCH3 is 2. The molecule has 2 aromatic carbocycles. The van der Waals surface area contributed by atoms with Crippen LogP contribution < -0.4 is 9.47 Å². The molecule has 30 heavy (non-hydrogen) atoms. The van der Waals surface area contributed by atoms with Crippen LogP contribution in [0.25, 0.3) is 15.9 Å². The van der Waals surface area contributed by atoms with E-state index in [1.165, 1.54) is 10.5 Å². The predicted molar refractivity (Wildman–Crippen MR) is 120 cm³/mol. The van der Waals surface area contributed by atoms with E-state index in [4.69, 9.17) is 14.5 Å². The van der Waals surface area contributed by atoms with Crippen LogP contribution in [0, 0.1) is 6.20 Å². The summed E-state index contributed by atoms with van der Waals surface area (Å²) in [4.78, 5) is 9.61. The van der Waals surface area contributed by atoms with Gasteiger partial charge in [-0.2, -0.15) is 0 Å². The number of hydrazine groups is 1. The van der Waals surface area contributed by atoms with Crippen LogP contribution in [0.1, 0.15) is 37.2 Å². The van der Waals surface area contributed by atoms with Crippen molar-refractivity contribution in [2.45, 2.75) is 31.2 Å². The van der Waals surface area contributed by atoms with Gasteiger partial charge in [0.2, 0.25) is 0 Å². The molecule has 0 bridgehead atoms. The molecule has 5 rings (SSSR count). The van der Waals surface area contributed by atoms with Gasteiger partial charge in [0.25, 0.3) is 0 Å². The molecule has 7 heteroatoms. The number of nitrogens with one attached hydrogen (secondary N) is 1. The molecule has 0 aliphatic carbocycles. The number of nitrogens with zero attached hydrogens (tertiary/aromatic N) is 3. The van der Waals surface area contributed by atoms with Gasteiger partial charge in [-0.25, -0.2) is 9.99 Å². The summed E-state index contributed by atoms with van der Waals surface area (Å²) in [5.74, 6) is 2.38. The Labute approximate surface area is 180 Å². The molecule has 2 aliphatic heterocycles. The van der Waals surface area contributed by atoms with E-state index >= 15 is 0 Å². The first-order chi connectivity index (χ1) is 14.7. The Morgan fingerprint density at radius 1 is 1.13 bits per heavy atom. The van der Waals surface area contributed by atoms with E-state index in [1.807, 2.05) is 30.0 Å². The van der Waals surface area contributed by atoms with Crippen molar-refractivity contribution in [3.05, 3.63) is 60.1 Å². The molecule has 1 radical (unpaired) electrons. The van der Waals surface area contributed by atoms with E-state index in [9.17, 15) is 0 Å². The number of H-pyrrole nitrogens is 1. The summed E-state index contributed by atoms with van der Waals surface area (Å²) in [6.45, 7) is 3.23. The van der Waals surface area contributed by atoms with Gasteiger partial charge in [0, 0.05) is 23.6 Å². The van der Waals surface area contributed by atoms with Crippen LogP contribution in [0.5, 0.6) is 11.5 Å². The number of aromatic amines is 1. The van der Waals surface area contributed by atoms with Gasteiger partial charge in [0.05, 0.1) is 42.9 Å². The van der Waals surface area contributed by atoms with Crippen molar-refractivity contribution in [2.75, 3.05) is 20.8 Å². The molecule has 3 aromatic rings. The van der Waals surface area contributed by atoms with Gasteiger partial charge in [0.1, 0.15) is 5.82 Å². The highest BCUT2D eigenvalue weighted by Gasteiger charge is 2.37. The number of ether oxygens (including phenoxy) is 2. The monoisotopic (exact) mass is 421 g/mol. The predicted octanol–water partition coefficient (Wildman–Crippen LogP) is 4.83. The molecule has 0 amide bonds. The van der Waals surface area contributed by atoms with Crippen LogP contribution in [-0.2, 0) is 0 Å². The second kappa shape index (κ2) is 7.89. The molecule has 1 fully saturated rings. The van der Waals surface area contributed by atoms with Crippen molar-refractivity contribution >= 4 is 27.7 Å². The summed E-state index contributed by atoms with van der Waals surface area (Å²) in [6, 6.07) is 14.6. The lowest BCUT2D eigenvalue weighted by atomic mass is 10.2. The van der Waals surface area contributed by atoms with Crippen molar-refractivity contribution < 1.29 is 9.47 Å². The summed E-state index contributed by atoms with van der Waals surface area (Å²) >= 11 is 1.85. The van der Waals surface area contributed by atoms with Gasteiger partial charge >= 0.3 is 0 Å². The van der Waals surface area contributed by atoms with Gasteiger partial charge in [-0.15, -0.1) is 0 Å². The van der Waals surface area contributed by atoms with Gasteiger partial charge in [-0.05, 0) is 25.3 Å². The Morgan fingerprint density at radius 2 is 1.90 bits per heavy atom. The quantitative estimate of drug-likeness (QED) is 0.637. The zero-order valence-electron chi connectivity index (χ0n) is 17.4. The molecule has 1 saturated heterocycles. The average Bonchev–Trinajstić information content (AvgIpc) is 3.50. The van der Waals surface area contributed by atoms with E-state index in [0.29, 0.717) is 16.9 Å². The van der Waals surface area contributed by atoms with Crippen molar-refractivity contribution in [1.29, 1.82) is 0 Å². The molecule has 1 N–H and O–H groups in total. The Balaban J connectivity index is 1.46. The fraction of sp³-hybridized carbons (Fsp3) is 0.348. The molecule has 2 unspecified atom stereocenters. The third-order valence-corrected chi connectivity index (χ3v) is 6.81. The molecule has 0 spiro atoms. The smallest absolute Gasteiger partial charge is 0.163 e. The van der Waals surface area contributed by atoms with Crippen LogP contribution in [0.3, 0.4) is 0 Å². The van der Waals surface area contributed by atoms with E-state index in [-0.39, 0.29) is 6.04 Å². The Morgan fingerprint density at radius 3 is 2.67 bits per heavy atom. The maximum Gasteiger partial charge on any atom is 0.163 e. The van der Waals surface area contributed by atoms with Crippen LogP contribution in [0.15, 0.2) is 42.5 Å². The Bertz CT molecular complexity index is 1040. The lowest BCUT2D eigenvalue weighted by Crippen LogP contribution is -2.41. The molecule has 6 nitrogen and oxygen atoms in total. The summed E-state index contributed by atoms with van der Waals surface area (Å²) < 4.78 is 10.9. The third-order valence-electron chi connectivity index (χ3n) is 5.71. The van der Waals surface area contributed by atoms with Crippen molar-refractivity contribution in [1.82, 2.24) is 20.0 Å². The zero-order chi connectivity index (χ0) is 20.7. The average molecular weight is 422 g/mol. The van der Waals surface area contributed by atoms with Crippen molar-refractivity contribution in [3.8, 4) is 11.5 Å². The minimum absolute atomic E-state index is 0.195. The van der Waals surface area contributed by atoms with Crippen LogP contribution >= 0.6 is 11.8 Å². The number of rotatable bonds is 5. The molecule has 3 heterocycles. The number of imidazole rings is 1. The van der Waals surface area contributed by atoms with Crippen LogP contribution in [0.4, 0.5) is 0 Å². The highest BCUT2D eigenvalue weighted by molar-refractivity contribution is 8.09. The van der Waals surface area contributed by atoms with Crippen LogP contribution in [0.2, 0.25) is 0 Å². The first kappa shape index (κ1) is 19.3. The van der Waals surface area contributed by atoms with E-state index in [0.717, 1.165) is 36.2 Å². The van der Waals surface area contributed by atoms with Crippen molar-refractivity contribution in [2.24, 2.45) is 0 Å². The van der Waals surface area contributed by atoms with Crippen LogP contribution in [-0.4, -0.2) is 46.1 Å². The first-order valence-corrected chi connectivity index (χ1v) is 11.1. The highest BCUT2D eigenvalue weighted by Crippen LogP contribution is 2.43. The van der Waals surface area contributed by atoms with E-state index in [2.05, 4.69) is 52.4 Å². The molecule has 155 valence electrons. The van der Waals surface area contributed by atoms with E-state index in [1.54, 1.807) is 14.2 Å². The number of hydrogen-bond acceptors (Lipinski definition) is 6. The highest BCUT2D eigenvalue weighted by atomic mass is 32.2. The van der Waals surface area contributed by atoms with Crippen molar-refractivity contribution in [3.63, 3.8) is 0 Å². The first-order valence-electron chi connectivity index (χ1n) is 10.2. The second-order valence-corrected chi connectivity index (χ2v) is 8.86. The third kappa shape index (κ3) is 3.32. The summed E-state index contributed by atoms with van der Waals surface area (Å²) in [7, 11) is 3.30. The van der Waals surface area contributed by atoms with Gasteiger partial charge in [-0.3, -0.25) is 5.01 Å². The molecular weight excluding hydrogens is 396 g/mol. The second-order valence-electron chi connectivity index (χ2n) is 7.54. The summed E-state index contributed by atoms with van der Waals surface area (Å²) in [6.07, 6.45) is 5.82. The summed E-state index contributed by atoms with van der Waals surface area (Å²) in [5, 5.41) is 4.96. The molecule has 1 aromatic heterocycles. The number of benzene rings is 2. The largest absolute Gasteiger partial charge is 0.493 e. The SMILES string of the molecule is COc1cc2nc(C3CCCN3N3[C]=C(c4ccccc4)SC3C)[nH]c2cc1OC. The minimum Gasteiger partial charge on any atom is -0.493 e. The normalized spacial score (nSPS) is 22.0. The lowest BCUT2D eigenvalue weighted by molar-refractivity contribution is -0.00548. The zero-order valence-corrected chi connectivity index (χ0v) is 18.2. The number of thioether (sulfide) groups is 1. The van der Waals surface area contributed by atoms with Gasteiger partial charge in [0.15, 0.2) is 11.5 Å². The Hall–Kier alpha value is -2.64. The number of aromatic nitrogens is 2. The minimum atomic E-state index is 0.195. The number of hydrogen-bond donors (Lipinski definition) is 1. The molecule has 2 atom stereocenters.